The average molecular weight is 427 g/mol. The van der Waals surface area contributed by atoms with Gasteiger partial charge in [0, 0.05) is 16.1 Å². The first-order valence-electron chi connectivity index (χ1n) is 8.08. The van der Waals surface area contributed by atoms with Gasteiger partial charge in [-0.05, 0) is 53.2 Å². The van der Waals surface area contributed by atoms with E-state index in [0.29, 0.717) is 10.3 Å². The second-order valence-corrected chi connectivity index (χ2v) is 6.55. The second-order valence-electron chi connectivity index (χ2n) is 5.69. The molecule has 0 radical (unpaired) electrons. The van der Waals surface area contributed by atoms with Crippen molar-refractivity contribution in [1.29, 1.82) is 0 Å². The molecule has 1 heterocycles. The van der Waals surface area contributed by atoms with E-state index in [9.17, 15) is 9.18 Å². The Hall–Kier alpha value is -3.06. The number of nitrogens with zero attached hydrogens (tertiary/aromatic N) is 2. The van der Waals surface area contributed by atoms with Crippen molar-refractivity contribution in [3.63, 3.8) is 0 Å². The molecule has 1 aromatic heterocycles. The Bertz CT molecular complexity index is 1060. The van der Waals surface area contributed by atoms with E-state index in [2.05, 4.69) is 31.2 Å². The van der Waals surface area contributed by atoms with Crippen molar-refractivity contribution in [2.45, 2.75) is 6.92 Å². The first-order chi connectivity index (χ1) is 13.0. The Morgan fingerprint density at radius 1 is 1.19 bits per heavy atom. The molecule has 3 rings (SSSR count). The number of amides is 1. The smallest absolute Gasteiger partial charge is 0.260 e. The van der Waals surface area contributed by atoms with Crippen molar-refractivity contribution >= 4 is 50.0 Å². The number of pyridine rings is 1. The van der Waals surface area contributed by atoms with Gasteiger partial charge in [0.25, 0.3) is 5.91 Å². The van der Waals surface area contributed by atoms with Crippen LogP contribution in [0.15, 0.2) is 75.8 Å². The van der Waals surface area contributed by atoms with Crippen LogP contribution in [0.1, 0.15) is 6.92 Å². The molecular formula is C20H16BrFN4O. The van der Waals surface area contributed by atoms with E-state index in [0.717, 1.165) is 17.1 Å². The summed E-state index contributed by atoms with van der Waals surface area (Å²) < 4.78 is 14.5. The van der Waals surface area contributed by atoms with Crippen molar-refractivity contribution in [2.24, 2.45) is 10.7 Å². The lowest BCUT2D eigenvalue weighted by molar-refractivity contribution is -0.112. The Balaban J connectivity index is 1.86. The molecule has 1 amide bonds. The fourth-order valence-corrected chi connectivity index (χ4v) is 2.93. The SMILES string of the molecule is CC(=Nc1c(F)cccc1Br)C(=CN)C(=O)Nc1ccc2ccccc2n1. The highest BCUT2D eigenvalue weighted by molar-refractivity contribution is 9.10. The van der Waals surface area contributed by atoms with Crippen molar-refractivity contribution in [3.05, 3.63) is 76.7 Å². The number of nitrogens with two attached hydrogens (primary N) is 1. The molecule has 136 valence electrons. The molecule has 5 nitrogen and oxygen atoms in total. The van der Waals surface area contributed by atoms with Crippen LogP contribution < -0.4 is 11.1 Å². The number of hydrogen-bond acceptors (Lipinski definition) is 4. The highest BCUT2D eigenvalue weighted by Crippen LogP contribution is 2.29. The molecule has 7 heteroatoms. The molecule has 0 aliphatic carbocycles. The van der Waals surface area contributed by atoms with Gasteiger partial charge in [0.15, 0.2) is 0 Å². The van der Waals surface area contributed by atoms with Gasteiger partial charge in [0.1, 0.15) is 17.3 Å². The van der Waals surface area contributed by atoms with Crippen molar-refractivity contribution in [2.75, 3.05) is 5.32 Å². The van der Waals surface area contributed by atoms with Gasteiger partial charge in [-0.2, -0.15) is 0 Å². The van der Waals surface area contributed by atoms with Crippen molar-refractivity contribution in [3.8, 4) is 0 Å². The van der Waals surface area contributed by atoms with Gasteiger partial charge >= 0.3 is 0 Å². The molecule has 0 unspecified atom stereocenters. The standard InChI is InChI=1S/C20H16BrFN4O/c1-12(24-19-15(21)6-4-7-16(19)22)14(11-23)20(27)26-18-10-9-13-5-2-3-8-17(13)25-18/h2-11H,23H2,1H3,(H,25,26,27). The monoisotopic (exact) mass is 426 g/mol. The van der Waals surface area contributed by atoms with Crippen LogP contribution in [0.5, 0.6) is 0 Å². The van der Waals surface area contributed by atoms with Gasteiger partial charge in [0.05, 0.1) is 16.8 Å². The van der Waals surface area contributed by atoms with E-state index in [1.165, 1.54) is 6.07 Å². The largest absolute Gasteiger partial charge is 0.404 e. The Labute approximate surface area is 164 Å². The summed E-state index contributed by atoms with van der Waals surface area (Å²) >= 11 is 3.25. The lowest BCUT2D eigenvalue weighted by atomic mass is 10.1. The Morgan fingerprint density at radius 3 is 2.70 bits per heavy atom. The number of nitrogens with one attached hydrogen (secondary N) is 1. The normalized spacial score (nSPS) is 12.3. The molecule has 0 fully saturated rings. The van der Waals surface area contributed by atoms with Crippen LogP contribution in [-0.4, -0.2) is 16.6 Å². The summed E-state index contributed by atoms with van der Waals surface area (Å²) in [6.07, 6.45) is 1.14. The molecule has 0 bridgehead atoms. The lowest BCUT2D eigenvalue weighted by Gasteiger charge is -2.09. The number of halogens is 2. The number of rotatable bonds is 4. The second kappa shape index (κ2) is 8.09. The average Bonchev–Trinajstić information content (AvgIpc) is 2.65. The van der Waals surface area contributed by atoms with E-state index in [1.807, 2.05) is 30.3 Å². The summed E-state index contributed by atoms with van der Waals surface area (Å²) in [6, 6.07) is 15.7. The van der Waals surface area contributed by atoms with Crippen LogP contribution in [0.25, 0.3) is 10.9 Å². The Morgan fingerprint density at radius 2 is 1.96 bits per heavy atom. The van der Waals surface area contributed by atoms with Gasteiger partial charge in [-0.3, -0.25) is 4.79 Å². The third-order valence-corrected chi connectivity index (χ3v) is 4.50. The third-order valence-electron chi connectivity index (χ3n) is 3.86. The summed E-state index contributed by atoms with van der Waals surface area (Å²) in [7, 11) is 0. The first-order valence-corrected chi connectivity index (χ1v) is 8.87. The molecular weight excluding hydrogens is 411 g/mol. The summed E-state index contributed by atoms with van der Waals surface area (Å²) in [4.78, 5) is 21.2. The fourth-order valence-electron chi connectivity index (χ4n) is 2.50. The maximum absolute atomic E-state index is 14.0. The zero-order chi connectivity index (χ0) is 19.4. The van der Waals surface area contributed by atoms with Crippen LogP contribution in [0.4, 0.5) is 15.9 Å². The number of benzene rings is 2. The fraction of sp³-hybridized carbons (Fsp3) is 0.0500. The number of aliphatic imine (C=N–C) groups is 1. The molecule has 0 aliphatic heterocycles. The van der Waals surface area contributed by atoms with Crippen molar-refractivity contribution < 1.29 is 9.18 Å². The van der Waals surface area contributed by atoms with E-state index in [1.54, 1.807) is 25.1 Å². The predicted molar refractivity (Wildman–Crippen MR) is 110 cm³/mol. The highest BCUT2D eigenvalue weighted by atomic mass is 79.9. The molecule has 3 aromatic rings. The van der Waals surface area contributed by atoms with E-state index < -0.39 is 11.7 Å². The predicted octanol–water partition coefficient (Wildman–Crippen LogP) is 4.71. The molecule has 0 saturated heterocycles. The number of aromatic nitrogens is 1. The van der Waals surface area contributed by atoms with Gasteiger partial charge in [-0.1, -0.05) is 24.3 Å². The molecule has 0 saturated carbocycles. The van der Waals surface area contributed by atoms with Crippen LogP contribution in [0.3, 0.4) is 0 Å². The van der Waals surface area contributed by atoms with E-state index in [-0.39, 0.29) is 17.0 Å². The maximum Gasteiger partial charge on any atom is 0.260 e. The summed E-state index contributed by atoms with van der Waals surface area (Å²) in [5.74, 6) is -0.594. The number of hydrogen-bond donors (Lipinski definition) is 2. The summed E-state index contributed by atoms with van der Waals surface area (Å²) in [5, 5.41) is 3.66. The number of carbonyl (C=O) groups excluding carboxylic acids is 1. The minimum atomic E-state index is -0.503. The topological polar surface area (TPSA) is 80.4 Å². The van der Waals surface area contributed by atoms with Crippen molar-refractivity contribution in [1.82, 2.24) is 4.98 Å². The quantitative estimate of drug-likeness (QED) is 0.468. The number of anilines is 1. The van der Waals surface area contributed by atoms with Crippen LogP contribution in [0.2, 0.25) is 0 Å². The maximum atomic E-state index is 14.0. The third kappa shape index (κ3) is 4.20. The van der Waals surface area contributed by atoms with Gasteiger partial charge < -0.3 is 11.1 Å². The molecule has 0 atom stereocenters. The zero-order valence-electron chi connectivity index (χ0n) is 14.4. The minimum absolute atomic E-state index is 0.103. The number of para-hydroxylation sites is 2. The first kappa shape index (κ1) is 18.7. The molecule has 0 aliphatic rings. The minimum Gasteiger partial charge on any atom is -0.404 e. The van der Waals surface area contributed by atoms with Crippen LogP contribution >= 0.6 is 15.9 Å². The highest BCUT2D eigenvalue weighted by Gasteiger charge is 2.15. The lowest BCUT2D eigenvalue weighted by Crippen LogP contribution is -2.21. The molecule has 3 N–H and O–H groups in total. The zero-order valence-corrected chi connectivity index (χ0v) is 16.0. The van der Waals surface area contributed by atoms with Crippen LogP contribution in [0, 0.1) is 5.82 Å². The molecule has 0 spiro atoms. The number of fused-ring (bicyclic) bond motifs is 1. The summed E-state index contributed by atoms with van der Waals surface area (Å²) in [6.45, 7) is 1.59. The van der Waals surface area contributed by atoms with Gasteiger partial charge in [0.2, 0.25) is 0 Å². The van der Waals surface area contributed by atoms with Crippen LogP contribution in [-0.2, 0) is 4.79 Å². The number of carbonyl (C=O) groups is 1. The molecule has 27 heavy (non-hydrogen) atoms. The molecule has 2 aromatic carbocycles. The van der Waals surface area contributed by atoms with E-state index in [4.69, 9.17) is 5.73 Å². The van der Waals surface area contributed by atoms with Gasteiger partial charge in [-0.25, -0.2) is 14.4 Å². The summed E-state index contributed by atoms with van der Waals surface area (Å²) in [5.41, 5.74) is 6.88. The Kier molecular flexibility index (Phi) is 5.61. The van der Waals surface area contributed by atoms with Gasteiger partial charge in [-0.15, -0.1) is 0 Å². The van der Waals surface area contributed by atoms with E-state index >= 15 is 0 Å².